The Morgan fingerprint density at radius 3 is 2.56 bits per heavy atom. The van der Waals surface area contributed by atoms with Gasteiger partial charge in [0.1, 0.15) is 0 Å². The summed E-state index contributed by atoms with van der Waals surface area (Å²) in [4.78, 5) is 16.6. The van der Waals surface area contributed by atoms with Crippen LogP contribution >= 0.6 is 24.0 Å². The van der Waals surface area contributed by atoms with Crippen LogP contribution in [0.2, 0.25) is 0 Å². The molecule has 146 valence electrons. The number of furan rings is 1. The molecule has 6 nitrogen and oxygen atoms in total. The maximum atomic E-state index is 12.0. The van der Waals surface area contributed by atoms with Crippen LogP contribution in [-0.2, 0) is 6.54 Å². The van der Waals surface area contributed by atoms with Crippen LogP contribution in [0.3, 0.4) is 0 Å². The van der Waals surface area contributed by atoms with E-state index in [2.05, 4.69) is 27.9 Å². The second-order valence-electron chi connectivity index (χ2n) is 6.45. The summed E-state index contributed by atoms with van der Waals surface area (Å²) in [6, 6.07) is 11.6. The molecule has 0 bridgehead atoms. The highest BCUT2D eigenvalue weighted by Crippen LogP contribution is 2.17. The number of halogens is 1. The number of anilines is 1. The minimum absolute atomic E-state index is 0. The molecular formula is C20H27IN4O2. The SMILES string of the molecule is CCNC(=NCc1ccc(NC(=O)c2ccco2)cc1)NC1CCCC1.I. The molecule has 7 heteroatoms. The molecule has 0 unspecified atom stereocenters. The van der Waals surface area contributed by atoms with E-state index in [4.69, 9.17) is 4.42 Å². The molecule has 3 rings (SSSR count). The first-order chi connectivity index (χ1) is 12.7. The largest absolute Gasteiger partial charge is 0.459 e. The fourth-order valence-corrected chi connectivity index (χ4v) is 3.05. The van der Waals surface area contributed by atoms with Crippen LogP contribution in [0.5, 0.6) is 0 Å². The third kappa shape index (κ3) is 6.57. The normalized spacial score (nSPS) is 14.5. The summed E-state index contributed by atoms with van der Waals surface area (Å²) in [5.74, 6) is 0.914. The zero-order valence-corrected chi connectivity index (χ0v) is 17.9. The minimum atomic E-state index is -0.254. The lowest BCUT2D eigenvalue weighted by Crippen LogP contribution is -2.42. The Bertz CT molecular complexity index is 723. The summed E-state index contributed by atoms with van der Waals surface area (Å²) < 4.78 is 5.09. The van der Waals surface area contributed by atoms with E-state index < -0.39 is 0 Å². The van der Waals surface area contributed by atoms with Gasteiger partial charge in [0.15, 0.2) is 11.7 Å². The molecule has 1 aliphatic carbocycles. The summed E-state index contributed by atoms with van der Waals surface area (Å²) in [6.45, 7) is 3.51. The van der Waals surface area contributed by atoms with Gasteiger partial charge in [0.2, 0.25) is 0 Å². The Morgan fingerprint density at radius 2 is 1.93 bits per heavy atom. The highest BCUT2D eigenvalue weighted by molar-refractivity contribution is 14.0. The number of benzene rings is 1. The Kier molecular flexibility index (Phi) is 8.63. The molecule has 1 fully saturated rings. The van der Waals surface area contributed by atoms with Crippen molar-refractivity contribution in [2.45, 2.75) is 45.2 Å². The molecule has 1 aliphatic rings. The number of nitrogens with one attached hydrogen (secondary N) is 3. The van der Waals surface area contributed by atoms with E-state index in [0.29, 0.717) is 18.3 Å². The lowest BCUT2D eigenvalue weighted by molar-refractivity contribution is 0.0996. The number of aliphatic imine (C=N–C) groups is 1. The molecule has 0 saturated heterocycles. The predicted octanol–water partition coefficient (Wildman–Crippen LogP) is 4.15. The molecule has 0 atom stereocenters. The monoisotopic (exact) mass is 482 g/mol. The van der Waals surface area contributed by atoms with Gasteiger partial charge in [0.25, 0.3) is 5.91 Å². The van der Waals surface area contributed by atoms with Gasteiger partial charge in [0.05, 0.1) is 12.8 Å². The number of hydrogen-bond acceptors (Lipinski definition) is 3. The highest BCUT2D eigenvalue weighted by atomic mass is 127. The topological polar surface area (TPSA) is 78.7 Å². The second-order valence-corrected chi connectivity index (χ2v) is 6.45. The van der Waals surface area contributed by atoms with E-state index in [1.807, 2.05) is 24.3 Å². The summed E-state index contributed by atoms with van der Waals surface area (Å²) in [6.07, 6.45) is 6.50. The van der Waals surface area contributed by atoms with Gasteiger partial charge in [-0.15, -0.1) is 24.0 Å². The van der Waals surface area contributed by atoms with E-state index in [1.54, 1.807) is 12.1 Å². The van der Waals surface area contributed by atoms with E-state index >= 15 is 0 Å². The Labute approximate surface area is 177 Å². The third-order valence-corrected chi connectivity index (χ3v) is 4.42. The number of guanidine groups is 1. The van der Waals surface area contributed by atoms with Crippen molar-refractivity contribution in [3.05, 3.63) is 54.0 Å². The molecule has 1 aromatic carbocycles. The summed E-state index contributed by atoms with van der Waals surface area (Å²) in [7, 11) is 0. The van der Waals surface area contributed by atoms with Crippen LogP contribution in [-0.4, -0.2) is 24.5 Å². The van der Waals surface area contributed by atoms with Crippen molar-refractivity contribution < 1.29 is 9.21 Å². The van der Waals surface area contributed by atoms with E-state index in [9.17, 15) is 4.79 Å². The lowest BCUT2D eigenvalue weighted by Gasteiger charge is -2.16. The van der Waals surface area contributed by atoms with Gasteiger partial charge in [-0.1, -0.05) is 25.0 Å². The van der Waals surface area contributed by atoms with Gasteiger partial charge in [-0.25, -0.2) is 4.99 Å². The van der Waals surface area contributed by atoms with Crippen LogP contribution in [0.25, 0.3) is 0 Å². The van der Waals surface area contributed by atoms with E-state index in [0.717, 1.165) is 23.8 Å². The quantitative estimate of drug-likeness (QED) is 0.329. The van der Waals surface area contributed by atoms with Crippen LogP contribution < -0.4 is 16.0 Å². The molecule has 0 spiro atoms. The molecule has 1 amide bonds. The Balaban J connectivity index is 0.00000261. The average molecular weight is 482 g/mol. The molecule has 0 aliphatic heterocycles. The molecule has 2 aromatic rings. The summed E-state index contributed by atoms with van der Waals surface area (Å²) in [5.41, 5.74) is 1.82. The first kappa shape index (κ1) is 21.3. The first-order valence-corrected chi connectivity index (χ1v) is 9.23. The number of carbonyl (C=O) groups is 1. The number of amides is 1. The van der Waals surface area contributed by atoms with Gasteiger partial charge >= 0.3 is 0 Å². The van der Waals surface area contributed by atoms with E-state index in [-0.39, 0.29) is 29.9 Å². The third-order valence-electron chi connectivity index (χ3n) is 4.42. The average Bonchev–Trinajstić information content (AvgIpc) is 3.35. The van der Waals surface area contributed by atoms with Gasteiger partial charge in [-0.05, 0) is 49.6 Å². The van der Waals surface area contributed by atoms with Crippen LogP contribution in [0.1, 0.15) is 48.7 Å². The molecule has 0 radical (unpaired) electrons. The Morgan fingerprint density at radius 1 is 1.19 bits per heavy atom. The maximum absolute atomic E-state index is 12.0. The number of carbonyl (C=O) groups excluding carboxylic acids is 1. The van der Waals surface area contributed by atoms with Crippen LogP contribution in [0.4, 0.5) is 5.69 Å². The lowest BCUT2D eigenvalue weighted by atomic mass is 10.2. The number of hydrogen-bond donors (Lipinski definition) is 3. The van der Waals surface area contributed by atoms with Crippen molar-refractivity contribution in [3.8, 4) is 0 Å². The number of rotatable bonds is 6. The fraction of sp³-hybridized carbons (Fsp3) is 0.400. The highest BCUT2D eigenvalue weighted by Gasteiger charge is 2.15. The minimum Gasteiger partial charge on any atom is -0.459 e. The van der Waals surface area contributed by atoms with Crippen LogP contribution in [0, 0.1) is 0 Å². The first-order valence-electron chi connectivity index (χ1n) is 9.23. The molecule has 3 N–H and O–H groups in total. The summed E-state index contributed by atoms with van der Waals surface area (Å²) in [5, 5.41) is 9.63. The van der Waals surface area contributed by atoms with Gasteiger partial charge in [-0.2, -0.15) is 0 Å². The van der Waals surface area contributed by atoms with Crippen molar-refractivity contribution in [1.82, 2.24) is 10.6 Å². The molecule has 1 saturated carbocycles. The van der Waals surface area contributed by atoms with Crippen molar-refractivity contribution in [3.63, 3.8) is 0 Å². The standard InChI is InChI=1S/C20H26N4O2.HI/c1-2-21-20(24-16-6-3-4-7-16)22-14-15-9-11-17(12-10-15)23-19(25)18-8-5-13-26-18;/h5,8-13,16H,2-4,6-7,14H2,1H3,(H,23,25)(H2,21,22,24);1H. The van der Waals surface area contributed by atoms with E-state index in [1.165, 1.54) is 31.9 Å². The smallest absolute Gasteiger partial charge is 0.291 e. The Hall–Kier alpha value is -2.03. The maximum Gasteiger partial charge on any atom is 0.291 e. The molecule has 1 heterocycles. The molecule has 1 aromatic heterocycles. The fourth-order valence-electron chi connectivity index (χ4n) is 3.05. The van der Waals surface area contributed by atoms with Gasteiger partial charge in [0, 0.05) is 18.3 Å². The van der Waals surface area contributed by atoms with Gasteiger partial charge in [-0.3, -0.25) is 4.79 Å². The van der Waals surface area contributed by atoms with Crippen molar-refractivity contribution in [2.24, 2.45) is 4.99 Å². The number of nitrogens with zero attached hydrogens (tertiary/aromatic N) is 1. The predicted molar refractivity (Wildman–Crippen MR) is 119 cm³/mol. The van der Waals surface area contributed by atoms with Crippen molar-refractivity contribution >= 4 is 41.5 Å². The van der Waals surface area contributed by atoms with Crippen molar-refractivity contribution in [2.75, 3.05) is 11.9 Å². The van der Waals surface area contributed by atoms with Crippen molar-refractivity contribution in [1.29, 1.82) is 0 Å². The molecule has 27 heavy (non-hydrogen) atoms. The van der Waals surface area contributed by atoms with Crippen LogP contribution in [0.15, 0.2) is 52.1 Å². The van der Waals surface area contributed by atoms with Gasteiger partial charge < -0.3 is 20.4 Å². The zero-order chi connectivity index (χ0) is 18.2. The summed E-state index contributed by atoms with van der Waals surface area (Å²) >= 11 is 0. The second kappa shape index (κ2) is 11.0. The molecular weight excluding hydrogens is 455 g/mol. The zero-order valence-electron chi connectivity index (χ0n) is 15.5.